The molecule has 2 aromatic carbocycles. The molecule has 1 saturated heterocycles. The highest BCUT2D eigenvalue weighted by molar-refractivity contribution is 8.26. The quantitative estimate of drug-likeness (QED) is 0.208. The molecule has 36 heavy (non-hydrogen) atoms. The molecule has 5 nitrogen and oxygen atoms in total. The van der Waals surface area contributed by atoms with Gasteiger partial charge in [0.15, 0.2) is 0 Å². The molecule has 2 heterocycles. The largest absolute Gasteiger partial charge is 0.493 e. The molecule has 0 radical (unpaired) electrons. The van der Waals surface area contributed by atoms with Crippen LogP contribution >= 0.6 is 24.0 Å². The number of thioether (sulfide) groups is 1. The fourth-order valence-electron chi connectivity index (χ4n) is 3.94. The second kappa shape index (κ2) is 11.9. The Kier molecular flexibility index (Phi) is 8.64. The van der Waals surface area contributed by atoms with Crippen LogP contribution in [-0.2, 0) is 4.79 Å². The smallest absolute Gasteiger partial charge is 0.266 e. The minimum Gasteiger partial charge on any atom is -0.493 e. The number of para-hydroxylation sites is 1. The molecule has 1 aliphatic heterocycles. The Bertz CT molecular complexity index is 1260. The normalized spacial score (nSPS) is 14.9. The molecular weight excluding hydrogens is 486 g/mol. The van der Waals surface area contributed by atoms with E-state index in [9.17, 15) is 4.79 Å². The number of aromatic nitrogens is 2. The number of carbonyl (C=O) groups is 1. The summed E-state index contributed by atoms with van der Waals surface area (Å²) in [6.07, 6.45) is 6.87. The van der Waals surface area contributed by atoms with Crippen LogP contribution in [0, 0.1) is 12.8 Å². The van der Waals surface area contributed by atoms with Gasteiger partial charge in [0.1, 0.15) is 15.8 Å². The molecule has 0 atom stereocenters. The van der Waals surface area contributed by atoms with E-state index < -0.39 is 0 Å². The summed E-state index contributed by atoms with van der Waals surface area (Å²) < 4.78 is 8.50. The molecule has 0 N–H and O–H groups in total. The van der Waals surface area contributed by atoms with Crippen molar-refractivity contribution in [2.24, 2.45) is 5.92 Å². The Morgan fingerprint density at radius 2 is 1.94 bits per heavy atom. The van der Waals surface area contributed by atoms with E-state index in [1.807, 2.05) is 59.4 Å². The molecule has 0 unspecified atom stereocenters. The lowest BCUT2D eigenvalue weighted by Gasteiger charge is -2.13. The van der Waals surface area contributed by atoms with E-state index >= 15 is 0 Å². The van der Waals surface area contributed by atoms with Gasteiger partial charge in [-0.25, -0.2) is 4.68 Å². The predicted octanol–water partition coefficient (Wildman–Crippen LogP) is 7.27. The highest BCUT2D eigenvalue weighted by atomic mass is 32.2. The molecule has 1 aromatic heterocycles. The Hall–Kier alpha value is -2.90. The third-order valence-electron chi connectivity index (χ3n) is 6.06. The number of benzene rings is 2. The molecule has 7 heteroatoms. The van der Waals surface area contributed by atoms with Crippen molar-refractivity contribution in [2.45, 2.75) is 47.0 Å². The number of hydrogen-bond acceptors (Lipinski definition) is 5. The van der Waals surface area contributed by atoms with Crippen molar-refractivity contribution >= 4 is 40.3 Å². The van der Waals surface area contributed by atoms with Crippen LogP contribution in [0.15, 0.2) is 59.6 Å². The number of amides is 1. The average Bonchev–Trinajstić information content (AvgIpc) is 3.40. The minimum absolute atomic E-state index is 0.0260. The monoisotopic (exact) mass is 519 g/mol. The van der Waals surface area contributed by atoms with E-state index in [4.69, 9.17) is 22.1 Å². The second-order valence-electron chi connectivity index (χ2n) is 9.41. The summed E-state index contributed by atoms with van der Waals surface area (Å²) >= 11 is 6.87. The van der Waals surface area contributed by atoms with E-state index in [2.05, 4.69) is 33.8 Å². The Morgan fingerprint density at radius 1 is 1.17 bits per heavy atom. The van der Waals surface area contributed by atoms with E-state index in [0.29, 0.717) is 28.3 Å². The molecule has 1 aliphatic rings. The predicted molar refractivity (Wildman–Crippen MR) is 153 cm³/mol. The van der Waals surface area contributed by atoms with Crippen molar-refractivity contribution in [3.63, 3.8) is 0 Å². The van der Waals surface area contributed by atoms with E-state index in [1.165, 1.54) is 11.8 Å². The Labute approximate surface area is 223 Å². The lowest BCUT2D eigenvalue weighted by molar-refractivity contribution is -0.122. The van der Waals surface area contributed by atoms with Crippen LogP contribution in [0.5, 0.6) is 5.75 Å². The van der Waals surface area contributed by atoms with Gasteiger partial charge in [-0.05, 0) is 67.7 Å². The van der Waals surface area contributed by atoms with Crippen LogP contribution in [0.1, 0.15) is 51.2 Å². The van der Waals surface area contributed by atoms with Crippen LogP contribution in [0.4, 0.5) is 0 Å². The molecule has 188 valence electrons. The van der Waals surface area contributed by atoms with E-state index in [0.717, 1.165) is 53.1 Å². The number of nitrogens with zero attached hydrogens (tertiary/aromatic N) is 3. The highest BCUT2D eigenvalue weighted by Crippen LogP contribution is 2.36. The molecule has 3 aromatic rings. The van der Waals surface area contributed by atoms with Crippen molar-refractivity contribution in [1.82, 2.24) is 14.7 Å². The van der Waals surface area contributed by atoms with Gasteiger partial charge in [-0.1, -0.05) is 69.4 Å². The number of rotatable bonds is 10. The molecule has 0 saturated carbocycles. The van der Waals surface area contributed by atoms with Crippen LogP contribution in [0.2, 0.25) is 0 Å². The fourth-order valence-corrected chi connectivity index (χ4v) is 5.24. The molecule has 4 rings (SSSR count). The first-order valence-corrected chi connectivity index (χ1v) is 13.7. The maximum atomic E-state index is 13.1. The third-order valence-corrected chi connectivity index (χ3v) is 7.44. The summed E-state index contributed by atoms with van der Waals surface area (Å²) in [7, 11) is 0. The number of unbranched alkanes of at least 4 members (excludes halogenated alkanes) is 1. The average molecular weight is 520 g/mol. The number of aryl methyl sites for hydroxylation is 1. The maximum Gasteiger partial charge on any atom is 0.266 e. The second-order valence-corrected chi connectivity index (χ2v) is 11.1. The summed E-state index contributed by atoms with van der Waals surface area (Å²) in [6, 6.07) is 16.2. The summed E-state index contributed by atoms with van der Waals surface area (Å²) in [6.45, 7) is 9.92. The first-order valence-electron chi connectivity index (χ1n) is 12.5. The molecule has 0 aliphatic carbocycles. The van der Waals surface area contributed by atoms with Crippen molar-refractivity contribution in [3.05, 3.63) is 70.8 Å². The van der Waals surface area contributed by atoms with Crippen LogP contribution in [0.3, 0.4) is 0 Å². The summed E-state index contributed by atoms with van der Waals surface area (Å²) in [4.78, 5) is 15.5. The first-order chi connectivity index (χ1) is 17.4. The van der Waals surface area contributed by atoms with Crippen LogP contribution < -0.4 is 4.74 Å². The number of thiocarbonyl (C=S) groups is 1. The van der Waals surface area contributed by atoms with Gasteiger partial charge in [0.2, 0.25) is 0 Å². The minimum atomic E-state index is -0.0260. The number of carbonyl (C=O) groups excluding carboxylic acids is 1. The van der Waals surface area contributed by atoms with Gasteiger partial charge in [-0.2, -0.15) is 5.10 Å². The standard InChI is InChI=1S/C29H33N3O2S2/c1-5-6-15-31-28(33)26(36-29(31)35)18-23-19-32(24-10-8-7-9-11-24)30-27(23)22-12-13-25(21(4)17-22)34-16-14-20(2)3/h7-13,17-20H,5-6,14-16H2,1-4H3/b26-18-. The third kappa shape index (κ3) is 6.08. The summed E-state index contributed by atoms with van der Waals surface area (Å²) in [5.41, 5.74) is 4.69. The molecule has 1 amide bonds. The Morgan fingerprint density at radius 3 is 2.64 bits per heavy atom. The fraction of sp³-hybridized carbons (Fsp3) is 0.345. The van der Waals surface area contributed by atoms with Crippen molar-refractivity contribution in [2.75, 3.05) is 13.2 Å². The topological polar surface area (TPSA) is 47.4 Å². The van der Waals surface area contributed by atoms with E-state index in [1.54, 1.807) is 4.90 Å². The van der Waals surface area contributed by atoms with Gasteiger partial charge in [-0.15, -0.1) is 0 Å². The molecule has 0 spiro atoms. The molecule has 1 fully saturated rings. The Balaban J connectivity index is 1.70. The highest BCUT2D eigenvalue weighted by Gasteiger charge is 2.32. The molecular formula is C29H33N3O2S2. The van der Waals surface area contributed by atoms with Gasteiger partial charge in [0, 0.05) is 23.9 Å². The summed E-state index contributed by atoms with van der Waals surface area (Å²) in [5.74, 6) is 1.46. The zero-order chi connectivity index (χ0) is 25.7. The van der Waals surface area contributed by atoms with Crippen LogP contribution in [-0.4, -0.2) is 38.1 Å². The van der Waals surface area contributed by atoms with Crippen LogP contribution in [0.25, 0.3) is 23.0 Å². The lowest BCUT2D eigenvalue weighted by Crippen LogP contribution is -2.28. The zero-order valence-electron chi connectivity index (χ0n) is 21.4. The number of hydrogen-bond donors (Lipinski definition) is 0. The first kappa shape index (κ1) is 26.2. The zero-order valence-corrected chi connectivity index (χ0v) is 23.0. The van der Waals surface area contributed by atoms with Crippen molar-refractivity contribution in [1.29, 1.82) is 0 Å². The van der Waals surface area contributed by atoms with Gasteiger partial charge < -0.3 is 4.74 Å². The lowest BCUT2D eigenvalue weighted by atomic mass is 10.0. The van der Waals surface area contributed by atoms with Gasteiger partial charge in [0.25, 0.3) is 5.91 Å². The van der Waals surface area contributed by atoms with Gasteiger partial charge >= 0.3 is 0 Å². The van der Waals surface area contributed by atoms with Crippen molar-refractivity contribution in [3.8, 4) is 22.7 Å². The van der Waals surface area contributed by atoms with E-state index in [-0.39, 0.29) is 5.91 Å². The SMILES string of the molecule is CCCCN1C(=O)/C(=C/c2cn(-c3ccccc3)nc2-c2ccc(OCCC(C)C)c(C)c2)SC1=S. The maximum absolute atomic E-state index is 13.1. The van der Waals surface area contributed by atoms with Gasteiger partial charge in [0.05, 0.1) is 17.2 Å². The van der Waals surface area contributed by atoms with Crippen molar-refractivity contribution < 1.29 is 9.53 Å². The number of ether oxygens (including phenoxy) is 1. The summed E-state index contributed by atoms with van der Waals surface area (Å²) in [5, 5.41) is 4.93. The van der Waals surface area contributed by atoms with Gasteiger partial charge in [-0.3, -0.25) is 9.69 Å². The molecule has 0 bridgehead atoms.